The SMILES string of the molecule is CC(O)C(=O)O.O=C(O)C(O)C(O)C(O)C(O)CO.[CaH2].[CaH2]. The fraction of sp³-hybridized carbons (Fsp3) is 0.778. The first-order valence-electron chi connectivity index (χ1n) is 5.03. The summed E-state index contributed by atoms with van der Waals surface area (Å²) in [6, 6.07) is 0. The van der Waals surface area contributed by atoms with Crippen LogP contribution in [0.25, 0.3) is 0 Å². The summed E-state index contributed by atoms with van der Waals surface area (Å²) in [6.07, 6.45) is -9.07. The fourth-order valence-corrected chi connectivity index (χ4v) is 0.668. The molecule has 0 aromatic carbocycles. The van der Waals surface area contributed by atoms with E-state index in [0.717, 1.165) is 0 Å². The van der Waals surface area contributed by atoms with Crippen molar-refractivity contribution in [3.63, 3.8) is 0 Å². The van der Waals surface area contributed by atoms with E-state index in [1.165, 1.54) is 6.92 Å². The van der Waals surface area contributed by atoms with Crippen molar-refractivity contribution in [3.05, 3.63) is 0 Å². The molecule has 0 aromatic heterocycles. The van der Waals surface area contributed by atoms with Crippen molar-refractivity contribution in [2.75, 3.05) is 6.61 Å². The van der Waals surface area contributed by atoms with Gasteiger partial charge in [-0.05, 0) is 6.92 Å². The second kappa shape index (κ2) is 16.1. The van der Waals surface area contributed by atoms with Gasteiger partial charge in [-0.15, -0.1) is 0 Å². The molecule has 5 atom stereocenters. The summed E-state index contributed by atoms with van der Waals surface area (Å²) in [6.45, 7) is 0.354. The molecule has 0 bridgehead atoms. The average molecular weight is 370 g/mol. The first kappa shape index (κ1) is 30.1. The van der Waals surface area contributed by atoms with Gasteiger partial charge < -0.3 is 40.9 Å². The Labute approximate surface area is 180 Å². The van der Waals surface area contributed by atoms with Crippen LogP contribution < -0.4 is 0 Å². The van der Waals surface area contributed by atoms with Crippen molar-refractivity contribution in [1.29, 1.82) is 0 Å². The Morgan fingerprint density at radius 1 is 0.857 bits per heavy atom. The molecule has 8 N–H and O–H groups in total. The molecule has 0 saturated heterocycles. The molecule has 0 aliphatic carbocycles. The Balaban J connectivity index is -0.000000156. The average Bonchev–Trinajstić information content (AvgIpc) is 2.35. The fourth-order valence-electron chi connectivity index (χ4n) is 0.668. The third kappa shape index (κ3) is 14.5. The molecule has 10 nitrogen and oxygen atoms in total. The number of aliphatic hydroxyl groups excluding tert-OH is 6. The van der Waals surface area contributed by atoms with Crippen LogP contribution in [0.3, 0.4) is 0 Å². The Morgan fingerprint density at radius 2 is 1.19 bits per heavy atom. The van der Waals surface area contributed by atoms with Crippen molar-refractivity contribution < 1.29 is 50.4 Å². The van der Waals surface area contributed by atoms with Crippen molar-refractivity contribution in [3.8, 4) is 0 Å². The maximum absolute atomic E-state index is 10.1. The van der Waals surface area contributed by atoms with Gasteiger partial charge in [0.2, 0.25) is 0 Å². The standard InChI is InChI=1S/C6H12O7.C3H6O3.2Ca.4H/c7-1-2(8)3(9)4(10)5(11)6(12)13;1-2(4)3(5)6;;;;;;/h2-5,7-11H,1H2,(H,12,13);2,4H,1H3,(H,5,6);;;;;;. The third-order valence-corrected chi connectivity index (χ3v) is 1.87. The molecule has 122 valence electrons. The Bertz CT molecular complexity index is 288. The van der Waals surface area contributed by atoms with Gasteiger partial charge in [0, 0.05) is 0 Å². The van der Waals surface area contributed by atoms with Gasteiger partial charge in [-0.1, -0.05) is 0 Å². The summed E-state index contributed by atoms with van der Waals surface area (Å²) in [7, 11) is 0. The van der Waals surface area contributed by atoms with Crippen LogP contribution in [0.1, 0.15) is 6.92 Å². The molecule has 0 heterocycles. The summed E-state index contributed by atoms with van der Waals surface area (Å²) in [5, 5.41) is 67.6. The van der Waals surface area contributed by atoms with Gasteiger partial charge in [0.05, 0.1) is 6.61 Å². The predicted octanol–water partition coefficient (Wildman–Crippen LogP) is -5.87. The number of carboxylic acid groups (broad SMARTS) is 2. The monoisotopic (exact) mass is 370 g/mol. The van der Waals surface area contributed by atoms with E-state index in [-0.39, 0.29) is 75.5 Å². The molecule has 0 fully saturated rings. The number of carbonyl (C=O) groups is 2. The summed E-state index contributed by atoms with van der Waals surface area (Å²) < 4.78 is 0. The molecule has 5 unspecified atom stereocenters. The van der Waals surface area contributed by atoms with Crippen molar-refractivity contribution in [1.82, 2.24) is 0 Å². The van der Waals surface area contributed by atoms with E-state index in [1.807, 2.05) is 0 Å². The van der Waals surface area contributed by atoms with E-state index in [4.69, 9.17) is 40.9 Å². The number of carboxylic acids is 2. The van der Waals surface area contributed by atoms with E-state index in [1.54, 1.807) is 0 Å². The van der Waals surface area contributed by atoms with Gasteiger partial charge in [-0.2, -0.15) is 0 Å². The van der Waals surface area contributed by atoms with Crippen molar-refractivity contribution in [2.45, 2.75) is 37.4 Å². The van der Waals surface area contributed by atoms with Gasteiger partial charge in [-0.25, -0.2) is 9.59 Å². The van der Waals surface area contributed by atoms with Crippen molar-refractivity contribution in [2.24, 2.45) is 0 Å². The van der Waals surface area contributed by atoms with Crippen LogP contribution >= 0.6 is 0 Å². The number of aliphatic hydroxyl groups is 6. The van der Waals surface area contributed by atoms with Crippen LogP contribution in [-0.2, 0) is 9.59 Å². The van der Waals surface area contributed by atoms with Gasteiger partial charge in [0.15, 0.2) is 6.10 Å². The summed E-state index contributed by atoms with van der Waals surface area (Å²) >= 11 is 0. The predicted molar refractivity (Wildman–Crippen MR) is 75.2 cm³/mol. The van der Waals surface area contributed by atoms with Crippen LogP contribution in [0, 0.1) is 0 Å². The second-order valence-corrected chi connectivity index (χ2v) is 3.53. The molecule has 0 amide bonds. The van der Waals surface area contributed by atoms with Gasteiger partial charge >= 0.3 is 87.4 Å². The number of aliphatic carboxylic acids is 2. The molecular weight excluding hydrogens is 348 g/mol. The molecule has 0 aliphatic heterocycles. The molecule has 0 rings (SSSR count). The zero-order chi connectivity index (χ0) is 15.7. The molecule has 0 saturated carbocycles. The molecule has 0 aliphatic rings. The summed E-state index contributed by atoms with van der Waals surface area (Å²) in [5.41, 5.74) is 0. The molecule has 0 radical (unpaired) electrons. The minimum absolute atomic E-state index is 0. The molecule has 0 spiro atoms. The van der Waals surface area contributed by atoms with Crippen LogP contribution in [0.5, 0.6) is 0 Å². The summed E-state index contributed by atoms with van der Waals surface area (Å²) in [4.78, 5) is 19.5. The number of hydrogen-bond donors (Lipinski definition) is 8. The Hall–Kier alpha value is 1.22. The van der Waals surface area contributed by atoms with Gasteiger partial charge in [-0.3, -0.25) is 0 Å². The van der Waals surface area contributed by atoms with E-state index in [2.05, 4.69) is 0 Å². The minimum atomic E-state index is -2.20. The van der Waals surface area contributed by atoms with Crippen LogP contribution in [0.2, 0.25) is 0 Å². The van der Waals surface area contributed by atoms with E-state index in [0.29, 0.717) is 0 Å². The normalized spacial score (nSPS) is 16.5. The Morgan fingerprint density at radius 3 is 1.38 bits per heavy atom. The zero-order valence-corrected chi connectivity index (χ0v) is 9.99. The molecule has 12 heteroatoms. The van der Waals surface area contributed by atoms with Gasteiger partial charge in [0.25, 0.3) is 0 Å². The van der Waals surface area contributed by atoms with Gasteiger partial charge in [0.1, 0.15) is 24.4 Å². The van der Waals surface area contributed by atoms with E-state index in [9.17, 15) is 9.59 Å². The zero-order valence-electron chi connectivity index (χ0n) is 9.99. The van der Waals surface area contributed by atoms with Crippen LogP contribution in [0.4, 0.5) is 0 Å². The second-order valence-electron chi connectivity index (χ2n) is 3.53. The van der Waals surface area contributed by atoms with Crippen LogP contribution in [-0.4, -0.2) is 165 Å². The number of rotatable bonds is 6. The first-order valence-corrected chi connectivity index (χ1v) is 5.03. The topological polar surface area (TPSA) is 196 Å². The number of hydrogen-bond acceptors (Lipinski definition) is 8. The third-order valence-electron chi connectivity index (χ3n) is 1.87. The van der Waals surface area contributed by atoms with E-state index < -0.39 is 49.1 Å². The quantitative estimate of drug-likeness (QED) is 0.208. The van der Waals surface area contributed by atoms with E-state index >= 15 is 0 Å². The van der Waals surface area contributed by atoms with Crippen molar-refractivity contribution >= 4 is 87.4 Å². The summed E-state index contributed by atoms with van der Waals surface area (Å²) in [5.74, 6) is -2.91. The van der Waals surface area contributed by atoms with Crippen LogP contribution in [0.15, 0.2) is 0 Å². The molecule has 21 heavy (non-hydrogen) atoms. The Kier molecular flexibility index (Phi) is 23.1. The maximum atomic E-state index is 10.1. The first-order chi connectivity index (χ1) is 8.56. The molecule has 0 aromatic rings. The molecular formula is C9H22Ca2O10.